The van der Waals surface area contributed by atoms with Gasteiger partial charge in [0.15, 0.2) is 0 Å². The van der Waals surface area contributed by atoms with E-state index in [2.05, 4.69) is 25.7 Å². The zero-order chi connectivity index (χ0) is 13.9. The van der Waals surface area contributed by atoms with Crippen molar-refractivity contribution < 1.29 is 4.92 Å². The average molecular weight is 271 g/mol. The van der Waals surface area contributed by atoms with Gasteiger partial charge in [0.05, 0.1) is 4.92 Å². The fourth-order valence-corrected chi connectivity index (χ4v) is 1.71. The van der Waals surface area contributed by atoms with E-state index in [1.54, 1.807) is 12.1 Å². The lowest BCUT2D eigenvalue weighted by Crippen LogP contribution is -2.39. The van der Waals surface area contributed by atoms with E-state index in [9.17, 15) is 10.1 Å². The van der Waals surface area contributed by atoms with Crippen LogP contribution in [-0.4, -0.2) is 22.4 Å². The molecule has 0 atom stereocenters. The Balaban J connectivity index is 2.97. The molecule has 0 fully saturated rings. The summed E-state index contributed by atoms with van der Waals surface area (Å²) >= 11 is 6.09. The molecule has 0 heterocycles. The quantitative estimate of drug-likeness (QED) is 0.603. The summed E-state index contributed by atoms with van der Waals surface area (Å²) in [7, 11) is 2.00. The lowest BCUT2D eigenvalue weighted by Gasteiger charge is -2.35. The molecule has 0 aliphatic heterocycles. The largest absolute Gasteiger partial charge is 0.297 e. The van der Waals surface area contributed by atoms with Gasteiger partial charge in [0.2, 0.25) is 0 Å². The Kier molecular flexibility index (Phi) is 4.71. The van der Waals surface area contributed by atoms with Crippen LogP contribution in [0.15, 0.2) is 18.2 Å². The Morgan fingerprint density at radius 3 is 2.56 bits per heavy atom. The highest BCUT2D eigenvalue weighted by Crippen LogP contribution is 2.26. The van der Waals surface area contributed by atoms with E-state index in [0.717, 1.165) is 12.0 Å². The number of nitro groups is 1. The van der Waals surface area contributed by atoms with Crippen molar-refractivity contribution in [2.45, 2.75) is 39.3 Å². The van der Waals surface area contributed by atoms with Crippen LogP contribution in [0.5, 0.6) is 0 Å². The summed E-state index contributed by atoms with van der Waals surface area (Å²) in [5.41, 5.74) is 0.903. The standard InChI is InChI=1S/C13H19ClN2O2/c1-5-13(2,3)15(4)9-10-8-11(16(17)18)6-7-12(10)14/h6-8H,5,9H2,1-4H3. The first-order valence-electron chi connectivity index (χ1n) is 5.92. The summed E-state index contributed by atoms with van der Waals surface area (Å²) in [5, 5.41) is 11.3. The highest BCUT2D eigenvalue weighted by molar-refractivity contribution is 6.31. The van der Waals surface area contributed by atoms with Crippen molar-refractivity contribution in [3.05, 3.63) is 38.9 Å². The van der Waals surface area contributed by atoms with Crippen LogP contribution in [0.25, 0.3) is 0 Å². The van der Waals surface area contributed by atoms with Crippen molar-refractivity contribution in [2.24, 2.45) is 0 Å². The minimum absolute atomic E-state index is 0.0357. The van der Waals surface area contributed by atoms with Crippen LogP contribution in [0.3, 0.4) is 0 Å². The van der Waals surface area contributed by atoms with E-state index in [-0.39, 0.29) is 11.2 Å². The zero-order valence-electron chi connectivity index (χ0n) is 11.2. The first-order valence-corrected chi connectivity index (χ1v) is 6.29. The van der Waals surface area contributed by atoms with E-state index in [1.165, 1.54) is 6.07 Å². The fraction of sp³-hybridized carbons (Fsp3) is 0.538. The number of nitro benzene ring substituents is 1. The van der Waals surface area contributed by atoms with Crippen LogP contribution in [0.1, 0.15) is 32.8 Å². The summed E-state index contributed by atoms with van der Waals surface area (Å²) in [6.45, 7) is 6.99. The van der Waals surface area contributed by atoms with Gasteiger partial charge in [-0.05, 0) is 38.9 Å². The summed E-state index contributed by atoms with van der Waals surface area (Å²) in [6.07, 6.45) is 0.996. The molecule has 0 aliphatic rings. The summed E-state index contributed by atoms with van der Waals surface area (Å²) in [4.78, 5) is 12.5. The van der Waals surface area contributed by atoms with Gasteiger partial charge in [-0.15, -0.1) is 0 Å². The average Bonchev–Trinajstić information content (AvgIpc) is 2.31. The van der Waals surface area contributed by atoms with Gasteiger partial charge in [-0.25, -0.2) is 0 Å². The SMILES string of the molecule is CCC(C)(C)N(C)Cc1cc([N+](=O)[O-])ccc1Cl. The van der Waals surface area contributed by atoms with Crippen LogP contribution in [0, 0.1) is 10.1 Å². The van der Waals surface area contributed by atoms with Crippen molar-refractivity contribution >= 4 is 17.3 Å². The smallest absolute Gasteiger partial charge is 0.269 e. The molecule has 1 rings (SSSR count). The molecule has 100 valence electrons. The Hall–Kier alpha value is -1.13. The number of non-ortho nitro benzene ring substituents is 1. The molecule has 0 unspecified atom stereocenters. The molecule has 0 saturated heterocycles. The second-order valence-corrected chi connectivity index (χ2v) is 5.46. The van der Waals surface area contributed by atoms with E-state index < -0.39 is 4.92 Å². The fourth-order valence-electron chi connectivity index (χ4n) is 1.54. The Morgan fingerprint density at radius 1 is 1.44 bits per heavy atom. The molecule has 5 heteroatoms. The Labute approximate surface area is 113 Å². The molecule has 18 heavy (non-hydrogen) atoms. The van der Waals surface area contributed by atoms with Gasteiger partial charge in [0, 0.05) is 29.2 Å². The molecule has 0 aliphatic carbocycles. The molecular weight excluding hydrogens is 252 g/mol. The number of benzene rings is 1. The normalized spacial score (nSPS) is 11.9. The van der Waals surface area contributed by atoms with Gasteiger partial charge in [-0.2, -0.15) is 0 Å². The molecule has 0 saturated carbocycles. The Morgan fingerprint density at radius 2 is 2.06 bits per heavy atom. The van der Waals surface area contributed by atoms with Crippen LogP contribution < -0.4 is 0 Å². The van der Waals surface area contributed by atoms with Crippen molar-refractivity contribution in [1.29, 1.82) is 0 Å². The Bertz CT molecular complexity index is 447. The number of hydrogen-bond donors (Lipinski definition) is 0. The molecule has 0 amide bonds. The minimum Gasteiger partial charge on any atom is -0.297 e. The maximum absolute atomic E-state index is 10.8. The highest BCUT2D eigenvalue weighted by atomic mass is 35.5. The van der Waals surface area contributed by atoms with E-state index >= 15 is 0 Å². The van der Waals surface area contributed by atoms with Crippen LogP contribution in [0.4, 0.5) is 5.69 Å². The molecule has 0 bridgehead atoms. The van der Waals surface area contributed by atoms with Crippen molar-refractivity contribution in [3.63, 3.8) is 0 Å². The van der Waals surface area contributed by atoms with Gasteiger partial charge in [-0.1, -0.05) is 18.5 Å². The second-order valence-electron chi connectivity index (χ2n) is 5.05. The molecular formula is C13H19ClN2O2. The minimum atomic E-state index is -0.398. The number of rotatable bonds is 5. The number of nitrogens with zero attached hydrogens (tertiary/aromatic N) is 2. The number of hydrogen-bond acceptors (Lipinski definition) is 3. The molecule has 0 spiro atoms. The lowest BCUT2D eigenvalue weighted by atomic mass is 9.99. The second kappa shape index (κ2) is 5.67. The summed E-state index contributed by atoms with van der Waals surface area (Å²) in [6, 6.07) is 4.56. The summed E-state index contributed by atoms with van der Waals surface area (Å²) in [5.74, 6) is 0. The zero-order valence-corrected chi connectivity index (χ0v) is 12.0. The van der Waals surface area contributed by atoms with E-state index in [0.29, 0.717) is 11.6 Å². The molecule has 0 radical (unpaired) electrons. The third-order valence-corrected chi connectivity index (χ3v) is 3.91. The maximum atomic E-state index is 10.8. The number of halogens is 1. The van der Waals surface area contributed by atoms with Crippen LogP contribution in [0.2, 0.25) is 5.02 Å². The van der Waals surface area contributed by atoms with Crippen LogP contribution in [-0.2, 0) is 6.54 Å². The molecule has 1 aromatic carbocycles. The van der Waals surface area contributed by atoms with Gasteiger partial charge in [0.1, 0.15) is 0 Å². The van der Waals surface area contributed by atoms with E-state index in [1.807, 2.05) is 7.05 Å². The van der Waals surface area contributed by atoms with E-state index in [4.69, 9.17) is 11.6 Å². The molecule has 0 aromatic heterocycles. The first-order chi connectivity index (χ1) is 8.27. The monoisotopic (exact) mass is 270 g/mol. The van der Waals surface area contributed by atoms with Crippen molar-refractivity contribution in [2.75, 3.05) is 7.05 Å². The van der Waals surface area contributed by atoms with Crippen molar-refractivity contribution in [1.82, 2.24) is 4.90 Å². The predicted octanol–water partition coefficient (Wildman–Crippen LogP) is 3.87. The molecule has 0 N–H and O–H groups in total. The third-order valence-electron chi connectivity index (χ3n) is 3.55. The first kappa shape index (κ1) is 14.9. The molecule has 4 nitrogen and oxygen atoms in total. The lowest BCUT2D eigenvalue weighted by molar-refractivity contribution is -0.384. The summed E-state index contributed by atoms with van der Waals surface area (Å²) < 4.78 is 0. The topological polar surface area (TPSA) is 46.4 Å². The van der Waals surface area contributed by atoms with Crippen molar-refractivity contribution in [3.8, 4) is 0 Å². The third kappa shape index (κ3) is 3.43. The van der Waals surface area contributed by atoms with Gasteiger partial charge < -0.3 is 0 Å². The predicted molar refractivity (Wildman–Crippen MR) is 73.9 cm³/mol. The maximum Gasteiger partial charge on any atom is 0.269 e. The van der Waals surface area contributed by atoms with Crippen LogP contribution >= 0.6 is 11.6 Å². The molecule has 1 aromatic rings. The van der Waals surface area contributed by atoms with Gasteiger partial charge in [0.25, 0.3) is 5.69 Å². The van der Waals surface area contributed by atoms with Gasteiger partial charge >= 0.3 is 0 Å². The highest BCUT2D eigenvalue weighted by Gasteiger charge is 2.22. The van der Waals surface area contributed by atoms with Gasteiger partial charge in [-0.3, -0.25) is 15.0 Å².